The van der Waals surface area contributed by atoms with Crippen LogP contribution in [0.4, 0.5) is 13.2 Å². The smallest absolute Gasteiger partial charge is 0.475 e. The van der Waals surface area contributed by atoms with Gasteiger partial charge in [-0.15, -0.1) is 0 Å². The van der Waals surface area contributed by atoms with Crippen molar-refractivity contribution in [1.29, 1.82) is 0 Å². The SMILES string of the molecule is CCn1nc(C(C)C)cc1C(=O)NC1CCCC(c2nc3ccccc3[nH]2)C1.O=C(O)C(F)(F)F. The Labute approximate surface area is 200 Å². The van der Waals surface area contributed by atoms with Crippen LogP contribution in [0, 0.1) is 0 Å². The fourth-order valence-electron chi connectivity index (χ4n) is 4.14. The molecule has 1 aromatic carbocycles. The molecule has 35 heavy (non-hydrogen) atoms. The summed E-state index contributed by atoms with van der Waals surface area (Å²) in [5, 5.41) is 14.9. The number of carboxylic acids is 1. The first-order valence-corrected chi connectivity index (χ1v) is 11.6. The first-order valence-electron chi connectivity index (χ1n) is 11.6. The van der Waals surface area contributed by atoms with E-state index in [0.29, 0.717) is 24.1 Å². The second-order valence-corrected chi connectivity index (χ2v) is 8.90. The molecule has 0 spiro atoms. The number of nitrogens with zero attached hydrogens (tertiary/aromatic N) is 3. The fourth-order valence-corrected chi connectivity index (χ4v) is 4.14. The van der Waals surface area contributed by atoms with Crippen LogP contribution in [0.2, 0.25) is 0 Å². The van der Waals surface area contributed by atoms with Crippen molar-refractivity contribution in [3.05, 3.63) is 47.5 Å². The van der Waals surface area contributed by atoms with Crippen molar-refractivity contribution in [2.24, 2.45) is 0 Å². The number of nitrogens with one attached hydrogen (secondary N) is 2. The number of aryl methyl sites for hydroxylation is 1. The number of imidazole rings is 1. The van der Waals surface area contributed by atoms with Crippen molar-refractivity contribution in [3.8, 4) is 0 Å². The molecule has 2 unspecified atom stereocenters. The number of carbonyl (C=O) groups is 2. The summed E-state index contributed by atoms with van der Waals surface area (Å²) in [6.45, 7) is 6.92. The Morgan fingerprint density at radius 2 is 1.94 bits per heavy atom. The molecule has 0 saturated heterocycles. The van der Waals surface area contributed by atoms with E-state index in [1.807, 2.05) is 35.9 Å². The molecule has 0 bridgehead atoms. The van der Waals surface area contributed by atoms with Gasteiger partial charge in [0, 0.05) is 18.5 Å². The molecular formula is C24H30F3N5O3. The minimum absolute atomic E-state index is 0.0171. The number of H-pyrrole nitrogens is 1. The molecule has 4 rings (SSSR count). The Bertz CT molecular complexity index is 1140. The van der Waals surface area contributed by atoms with Crippen LogP contribution in [0.1, 0.15) is 80.3 Å². The maximum Gasteiger partial charge on any atom is 0.490 e. The van der Waals surface area contributed by atoms with E-state index >= 15 is 0 Å². The maximum atomic E-state index is 12.9. The van der Waals surface area contributed by atoms with Gasteiger partial charge in [0.2, 0.25) is 0 Å². The van der Waals surface area contributed by atoms with Gasteiger partial charge in [-0.1, -0.05) is 32.4 Å². The highest BCUT2D eigenvalue weighted by atomic mass is 19.4. The number of benzene rings is 1. The number of hydrogen-bond acceptors (Lipinski definition) is 4. The number of hydrogen-bond donors (Lipinski definition) is 3. The number of carboxylic acid groups (broad SMARTS) is 1. The zero-order chi connectivity index (χ0) is 25.8. The second kappa shape index (κ2) is 10.9. The molecular weight excluding hydrogens is 463 g/mol. The molecule has 1 fully saturated rings. The molecule has 190 valence electrons. The lowest BCUT2D eigenvalue weighted by Crippen LogP contribution is -2.39. The molecule has 1 aliphatic carbocycles. The van der Waals surface area contributed by atoms with E-state index in [9.17, 15) is 18.0 Å². The van der Waals surface area contributed by atoms with Crippen LogP contribution in [0.25, 0.3) is 11.0 Å². The number of amides is 1. The molecule has 2 atom stereocenters. The van der Waals surface area contributed by atoms with E-state index in [1.165, 1.54) is 0 Å². The van der Waals surface area contributed by atoms with Crippen LogP contribution in [0.5, 0.6) is 0 Å². The Morgan fingerprint density at radius 1 is 1.26 bits per heavy atom. The molecule has 0 radical (unpaired) electrons. The average Bonchev–Trinajstić information content (AvgIpc) is 3.44. The van der Waals surface area contributed by atoms with Gasteiger partial charge in [0.15, 0.2) is 0 Å². The van der Waals surface area contributed by atoms with Gasteiger partial charge in [0.05, 0.1) is 16.7 Å². The van der Waals surface area contributed by atoms with Crippen molar-refractivity contribution in [2.45, 2.75) is 77.1 Å². The van der Waals surface area contributed by atoms with Crippen LogP contribution < -0.4 is 5.32 Å². The highest BCUT2D eigenvalue weighted by Gasteiger charge is 2.38. The number of alkyl halides is 3. The monoisotopic (exact) mass is 493 g/mol. The standard InChI is InChI=1S/C22H29N5O.C2HF3O2/c1-4-27-20(13-19(26-27)14(2)3)22(28)23-16-9-7-8-15(12-16)21-24-17-10-5-6-11-18(17)25-21;3-2(4,5)1(6)7/h5-6,10-11,13-16H,4,7-9,12H2,1-3H3,(H,23,28)(H,24,25);(H,6,7). The topological polar surface area (TPSA) is 113 Å². The number of carbonyl (C=O) groups excluding carboxylic acids is 1. The molecule has 2 heterocycles. The molecule has 3 aromatic rings. The van der Waals surface area contributed by atoms with E-state index in [2.05, 4.69) is 35.3 Å². The van der Waals surface area contributed by atoms with Crippen LogP contribution in [0.15, 0.2) is 30.3 Å². The third kappa shape index (κ3) is 6.61. The number of aromatic nitrogens is 4. The number of rotatable bonds is 5. The second-order valence-electron chi connectivity index (χ2n) is 8.90. The van der Waals surface area contributed by atoms with E-state index in [1.54, 1.807) is 0 Å². The van der Waals surface area contributed by atoms with Crippen molar-refractivity contribution in [1.82, 2.24) is 25.1 Å². The number of aromatic amines is 1. The third-order valence-corrected chi connectivity index (χ3v) is 5.97. The van der Waals surface area contributed by atoms with Gasteiger partial charge in [0.25, 0.3) is 5.91 Å². The van der Waals surface area contributed by atoms with Crippen molar-refractivity contribution >= 4 is 22.9 Å². The van der Waals surface area contributed by atoms with Crippen LogP contribution >= 0.6 is 0 Å². The van der Waals surface area contributed by atoms with Gasteiger partial charge >= 0.3 is 12.1 Å². The van der Waals surface area contributed by atoms with E-state index in [-0.39, 0.29) is 11.9 Å². The van der Waals surface area contributed by atoms with Crippen molar-refractivity contribution in [3.63, 3.8) is 0 Å². The zero-order valence-corrected chi connectivity index (χ0v) is 19.9. The van der Waals surface area contributed by atoms with E-state index in [0.717, 1.165) is 48.2 Å². The first kappa shape index (κ1) is 26.2. The maximum absolute atomic E-state index is 12.9. The highest BCUT2D eigenvalue weighted by molar-refractivity contribution is 5.93. The first-order chi connectivity index (χ1) is 16.5. The summed E-state index contributed by atoms with van der Waals surface area (Å²) < 4.78 is 33.5. The third-order valence-electron chi connectivity index (χ3n) is 5.97. The highest BCUT2D eigenvalue weighted by Crippen LogP contribution is 2.32. The lowest BCUT2D eigenvalue weighted by molar-refractivity contribution is -0.192. The predicted molar refractivity (Wildman–Crippen MR) is 124 cm³/mol. The summed E-state index contributed by atoms with van der Waals surface area (Å²) in [4.78, 5) is 30.1. The summed E-state index contributed by atoms with van der Waals surface area (Å²) in [6, 6.07) is 10.2. The number of fused-ring (bicyclic) bond motifs is 1. The number of halogens is 3. The van der Waals surface area contributed by atoms with Gasteiger partial charge in [0.1, 0.15) is 11.5 Å². The largest absolute Gasteiger partial charge is 0.490 e. The summed E-state index contributed by atoms with van der Waals surface area (Å²) in [5.74, 6) is -1.06. The van der Waals surface area contributed by atoms with Gasteiger partial charge in [-0.2, -0.15) is 18.3 Å². The molecule has 2 aromatic heterocycles. The minimum atomic E-state index is -5.08. The summed E-state index contributed by atoms with van der Waals surface area (Å²) in [6.07, 6.45) is -0.948. The Balaban J connectivity index is 0.000000429. The molecule has 1 saturated carbocycles. The summed E-state index contributed by atoms with van der Waals surface area (Å²) >= 11 is 0. The van der Waals surface area contributed by atoms with Gasteiger partial charge in [-0.25, -0.2) is 9.78 Å². The van der Waals surface area contributed by atoms with E-state index < -0.39 is 12.1 Å². The summed E-state index contributed by atoms with van der Waals surface area (Å²) in [7, 11) is 0. The fraction of sp³-hybridized carbons (Fsp3) is 0.500. The Kier molecular flexibility index (Phi) is 8.18. The van der Waals surface area contributed by atoms with Gasteiger partial charge < -0.3 is 15.4 Å². The summed E-state index contributed by atoms with van der Waals surface area (Å²) in [5.41, 5.74) is 3.72. The zero-order valence-electron chi connectivity index (χ0n) is 19.9. The quantitative estimate of drug-likeness (QED) is 0.463. The molecule has 8 nitrogen and oxygen atoms in total. The van der Waals surface area contributed by atoms with Gasteiger partial charge in [-0.3, -0.25) is 9.48 Å². The molecule has 3 N–H and O–H groups in total. The Hall–Kier alpha value is -3.37. The average molecular weight is 494 g/mol. The van der Waals surface area contributed by atoms with Crippen molar-refractivity contribution in [2.75, 3.05) is 0 Å². The molecule has 0 aliphatic heterocycles. The Morgan fingerprint density at radius 3 is 2.54 bits per heavy atom. The van der Waals surface area contributed by atoms with Crippen LogP contribution in [-0.2, 0) is 11.3 Å². The van der Waals surface area contributed by atoms with E-state index in [4.69, 9.17) is 14.9 Å². The van der Waals surface area contributed by atoms with Crippen LogP contribution in [-0.4, -0.2) is 48.9 Å². The van der Waals surface area contributed by atoms with Crippen LogP contribution in [0.3, 0.4) is 0 Å². The molecule has 1 aliphatic rings. The lowest BCUT2D eigenvalue weighted by atomic mass is 9.85. The normalized spacial score (nSPS) is 18.3. The minimum Gasteiger partial charge on any atom is -0.475 e. The molecule has 1 amide bonds. The number of para-hydroxylation sites is 2. The predicted octanol–water partition coefficient (Wildman–Crippen LogP) is 4.99. The van der Waals surface area contributed by atoms with Crippen molar-refractivity contribution < 1.29 is 27.9 Å². The number of aliphatic carboxylic acids is 1. The lowest BCUT2D eigenvalue weighted by Gasteiger charge is -2.28. The van der Waals surface area contributed by atoms with Gasteiger partial charge in [-0.05, 0) is 50.3 Å². The molecule has 11 heteroatoms.